The molecule has 1 aliphatic rings. The highest BCUT2D eigenvalue weighted by Crippen LogP contribution is 2.45. The first-order chi connectivity index (χ1) is 16.3. The predicted molar refractivity (Wildman–Crippen MR) is 120 cm³/mol. The summed E-state index contributed by atoms with van der Waals surface area (Å²) in [5.41, 5.74) is -2.30. The molecule has 35 heavy (non-hydrogen) atoms. The number of carbonyl (C=O) groups is 1. The molecule has 8 nitrogen and oxygen atoms in total. The molecule has 0 spiro atoms. The van der Waals surface area contributed by atoms with Gasteiger partial charge in [-0.25, -0.2) is 4.39 Å². The number of aliphatic hydroxyl groups excluding tert-OH is 1. The molecule has 0 bridgehead atoms. The number of nitrogens with one attached hydrogen (secondary N) is 1. The SMILES string of the molecule is O=C(NC1CS(O)(O)CC1O)c1cc(-c2ccc(C(F)(F)F)cc2)nn(-c2cccc(F)c2)c1=O. The van der Waals surface area contributed by atoms with E-state index < -0.39 is 57.3 Å². The molecule has 2 unspecified atom stereocenters. The number of hydrogen-bond acceptors (Lipinski definition) is 6. The lowest BCUT2D eigenvalue weighted by atomic mass is 10.1. The van der Waals surface area contributed by atoms with Crippen LogP contribution in [0.15, 0.2) is 59.4 Å². The molecule has 1 aliphatic heterocycles. The molecule has 3 aromatic rings. The van der Waals surface area contributed by atoms with Crippen LogP contribution in [0.4, 0.5) is 17.6 Å². The lowest BCUT2D eigenvalue weighted by Gasteiger charge is -2.25. The minimum absolute atomic E-state index is 0.0344. The van der Waals surface area contributed by atoms with Gasteiger partial charge in [-0.05, 0) is 36.4 Å². The van der Waals surface area contributed by atoms with Crippen molar-refractivity contribution in [3.63, 3.8) is 0 Å². The molecule has 13 heteroatoms. The quantitative estimate of drug-likeness (QED) is 0.397. The zero-order chi connectivity index (χ0) is 25.5. The largest absolute Gasteiger partial charge is 0.416 e. The Hall–Kier alpha value is -3.26. The lowest BCUT2D eigenvalue weighted by molar-refractivity contribution is -0.137. The third-order valence-electron chi connectivity index (χ3n) is 5.38. The van der Waals surface area contributed by atoms with Gasteiger partial charge < -0.3 is 10.4 Å². The summed E-state index contributed by atoms with van der Waals surface area (Å²) in [5, 5.41) is 16.5. The Morgan fingerprint density at radius 2 is 1.77 bits per heavy atom. The Kier molecular flexibility index (Phi) is 6.44. The fraction of sp³-hybridized carbons (Fsp3) is 0.227. The Morgan fingerprint density at radius 3 is 2.34 bits per heavy atom. The molecule has 0 saturated carbocycles. The van der Waals surface area contributed by atoms with E-state index in [0.29, 0.717) is 0 Å². The first-order valence-corrected chi connectivity index (χ1v) is 12.0. The molecule has 4 N–H and O–H groups in total. The summed E-state index contributed by atoms with van der Waals surface area (Å²) >= 11 is 0. The number of nitrogens with zero attached hydrogens (tertiary/aromatic N) is 2. The van der Waals surface area contributed by atoms with E-state index in [9.17, 15) is 41.4 Å². The molecule has 1 saturated heterocycles. The van der Waals surface area contributed by atoms with Gasteiger partial charge in [0.05, 0.1) is 40.6 Å². The highest BCUT2D eigenvalue weighted by atomic mass is 32.3. The standard InChI is InChI=1S/C22H19F4N3O5S/c23-14-2-1-3-15(8-14)29-21(32)16(20(31)27-18-10-35(33,34)11-19(18)30)9-17(28-29)12-4-6-13(7-5-12)22(24,25)26/h1-9,18-19,30,33-34H,10-11H2,(H,27,31). The van der Waals surface area contributed by atoms with Crippen molar-refractivity contribution >= 4 is 16.5 Å². The van der Waals surface area contributed by atoms with Crippen LogP contribution in [0, 0.1) is 5.82 Å². The molecular weight excluding hydrogens is 494 g/mol. The number of hydrogen-bond donors (Lipinski definition) is 4. The van der Waals surface area contributed by atoms with Crippen molar-refractivity contribution in [2.24, 2.45) is 0 Å². The number of amides is 1. The topological polar surface area (TPSA) is 125 Å². The Morgan fingerprint density at radius 1 is 1.09 bits per heavy atom. The minimum atomic E-state index is -4.57. The smallest absolute Gasteiger partial charge is 0.389 e. The molecule has 4 rings (SSSR count). The van der Waals surface area contributed by atoms with Gasteiger partial charge >= 0.3 is 6.18 Å². The summed E-state index contributed by atoms with van der Waals surface area (Å²) < 4.78 is 73.0. The van der Waals surface area contributed by atoms with Crippen molar-refractivity contribution in [1.82, 2.24) is 15.1 Å². The first-order valence-electron chi connectivity index (χ1n) is 10.1. The third kappa shape index (κ3) is 5.37. The van der Waals surface area contributed by atoms with Gasteiger partial charge in [-0.15, -0.1) is 0 Å². The molecule has 1 amide bonds. The Labute approximate surface area is 197 Å². The Balaban J connectivity index is 1.79. The van der Waals surface area contributed by atoms with Gasteiger partial charge in [0, 0.05) is 5.56 Å². The lowest BCUT2D eigenvalue weighted by Crippen LogP contribution is -2.44. The monoisotopic (exact) mass is 513 g/mol. The van der Waals surface area contributed by atoms with Crippen molar-refractivity contribution in [3.05, 3.63) is 81.9 Å². The molecule has 186 valence electrons. The fourth-order valence-electron chi connectivity index (χ4n) is 3.65. The zero-order valence-electron chi connectivity index (χ0n) is 17.7. The summed E-state index contributed by atoms with van der Waals surface area (Å²) in [4.78, 5) is 26.0. The van der Waals surface area contributed by atoms with E-state index in [4.69, 9.17) is 0 Å². The average molecular weight is 513 g/mol. The fourth-order valence-corrected chi connectivity index (χ4v) is 5.45. The summed E-state index contributed by atoms with van der Waals surface area (Å²) in [5.74, 6) is -2.31. The van der Waals surface area contributed by atoms with E-state index in [0.717, 1.165) is 47.1 Å². The van der Waals surface area contributed by atoms with E-state index in [1.54, 1.807) is 0 Å². The summed E-state index contributed by atoms with van der Waals surface area (Å²) in [6.07, 6.45) is -5.83. The molecule has 2 atom stereocenters. The van der Waals surface area contributed by atoms with Crippen molar-refractivity contribution in [2.45, 2.75) is 18.3 Å². The normalized spacial score (nSPS) is 20.4. The van der Waals surface area contributed by atoms with Gasteiger partial charge in [0.1, 0.15) is 11.4 Å². The number of aliphatic hydroxyl groups is 1. The molecule has 2 aromatic carbocycles. The number of benzene rings is 2. The zero-order valence-corrected chi connectivity index (χ0v) is 18.6. The van der Waals surface area contributed by atoms with Gasteiger partial charge in [0.2, 0.25) is 0 Å². The summed E-state index contributed by atoms with van der Waals surface area (Å²) in [6, 6.07) is 8.65. The number of rotatable bonds is 4. The maximum atomic E-state index is 13.8. The molecular formula is C22H19F4N3O5S. The first kappa shape index (κ1) is 24.9. The van der Waals surface area contributed by atoms with Crippen LogP contribution >= 0.6 is 10.6 Å². The summed E-state index contributed by atoms with van der Waals surface area (Å²) in [6.45, 7) is 0. The molecule has 2 heterocycles. The van der Waals surface area contributed by atoms with Crippen molar-refractivity contribution in [2.75, 3.05) is 11.5 Å². The number of aromatic nitrogens is 2. The van der Waals surface area contributed by atoms with Crippen LogP contribution in [0.3, 0.4) is 0 Å². The Bertz CT molecular complexity index is 1330. The minimum Gasteiger partial charge on any atom is -0.389 e. The van der Waals surface area contributed by atoms with Crippen LogP contribution < -0.4 is 10.9 Å². The van der Waals surface area contributed by atoms with Crippen LogP contribution in [0.5, 0.6) is 0 Å². The van der Waals surface area contributed by atoms with Crippen LogP contribution in [0.1, 0.15) is 15.9 Å². The molecule has 0 aliphatic carbocycles. The number of alkyl halides is 3. The van der Waals surface area contributed by atoms with E-state index >= 15 is 0 Å². The van der Waals surface area contributed by atoms with Gasteiger partial charge in [-0.1, -0.05) is 18.2 Å². The van der Waals surface area contributed by atoms with E-state index in [1.807, 2.05) is 0 Å². The van der Waals surface area contributed by atoms with E-state index in [1.165, 1.54) is 12.1 Å². The van der Waals surface area contributed by atoms with E-state index in [2.05, 4.69) is 10.4 Å². The van der Waals surface area contributed by atoms with E-state index in [-0.39, 0.29) is 28.5 Å². The highest BCUT2D eigenvalue weighted by molar-refractivity contribution is 8.24. The van der Waals surface area contributed by atoms with Gasteiger partial charge in [-0.2, -0.15) is 33.5 Å². The molecule has 0 radical (unpaired) electrons. The third-order valence-corrected chi connectivity index (χ3v) is 7.15. The highest BCUT2D eigenvalue weighted by Gasteiger charge is 2.38. The van der Waals surface area contributed by atoms with Gasteiger partial charge in [0.25, 0.3) is 11.5 Å². The van der Waals surface area contributed by atoms with Crippen LogP contribution in [0.2, 0.25) is 0 Å². The molecule has 1 aromatic heterocycles. The second-order valence-corrected chi connectivity index (χ2v) is 10.3. The van der Waals surface area contributed by atoms with Crippen LogP contribution in [0.25, 0.3) is 16.9 Å². The van der Waals surface area contributed by atoms with Gasteiger partial charge in [-0.3, -0.25) is 18.7 Å². The second kappa shape index (κ2) is 9.07. The van der Waals surface area contributed by atoms with Crippen molar-refractivity contribution in [1.29, 1.82) is 0 Å². The molecule has 1 fully saturated rings. The second-order valence-electron chi connectivity index (χ2n) is 8.00. The maximum absolute atomic E-state index is 13.8. The summed E-state index contributed by atoms with van der Waals surface area (Å²) in [7, 11) is -3.10. The number of carbonyl (C=O) groups excluding carboxylic acids is 1. The number of halogens is 4. The maximum Gasteiger partial charge on any atom is 0.416 e. The van der Waals surface area contributed by atoms with Crippen LogP contribution in [-0.2, 0) is 6.18 Å². The van der Waals surface area contributed by atoms with Crippen LogP contribution in [-0.4, -0.2) is 53.6 Å². The van der Waals surface area contributed by atoms with Crippen molar-refractivity contribution in [3.8, 4) is 16.9 Å². The predicted octanol–water partition coefficient (Wildman–Crippen LogP) is 3.28. The van der Waals surface area contributed by atoms with Crippen molar-refractivity contribution < 1.29 is 36.6 Å². The average Bonchev–Trinajstić information content (AvgIpc) is 3.04. The van der Waals surface area contributed by atoms with Gasteiger partial charge in [0.15, 0.2) is 0 Å².